The number of hydrogen-bond acceptors (Lipinski definition) is 4. The van der Waals surface area contributed by atoms with Crippen LogP contribution in [0.2, 0.25) is 0 Å². The third kappa shape index (κ3) is 2.75. The largest absolute Gasteiger partial charge is 0.423 e. The van der Waals surface area contributed by atoms with Crippen LogP contribution in [-0.4, -0.2) is 17.8 Å². The highest BCUT2D eigenvalue weighted by Crippen LogP contribution is 2.33. The van der Waals surface area contributed by atoms with Crippen molar-refractivity contribution in [3.05, 3.63) is 95.6 Å². The number of esters is 1. The van der Waals surface area contributed by atoms with Gasteiger partial charge in [0.15, 0.2) is 0 Å². The summed E-state index contributed by atoms with van der Waals surface area (Å²) in [5, 5.41) is 1.54. The normalized spacial score (nSPS) is 15.0. The SMILES string of the molecule is O=C(Oc1ccc(N2C(=O)c3cccc4cccc(c34)C2=O)cc1)C1=CCC=C1. The molecule has 5 rings (SSSR count). The van der Waals surface area contributed by atoms with Crippen LogP contribution in [0.1, 0.15) is 27.1 Å². The summed E-state index contributed by atoms with van der Waals surface area (Å²) < 4.78 is 5.35. The van der Waals surface area contributed by atoms with Crippen LogP contribution in [0.15, 0.2) is 84.5 Å². The smallest absolute Gasteiger partial charge is 0.343 e. The average Bonchev–Trinajstić information content (AvgIpc) is 3.28. The Morgan fingerprint density at radius 3 is 2.10 bits per heavy atom. The van der Waals surface area contributed by atoms with Crippen molar-refractivity contribution in [1.82, 2.24) is 0 Å². The van der Waals surface area contributed by atoms with Gasteiger partial charge in [-0.15, -0.1) is 0 Å². The first-order valence-electron chi connectivity index (χ1n) is 9.23. The van der Waals surface area contributed by atoms with Gasteiger partial charge in [-0.25, -0.2) is 9.69 Å². The maximum absolute atomic E-state index is 13.1. The summed E-state index contributed by atoms with van der Waals surface area (Å²) in [6.45, 7) is 0. The van der Waals surface area contributed by atoms with Crippen LogP contribution in [0.4, 0.5) is 5.69 Å². The van der Waals surface area contributed by atoms with Gasteiger partial charge >= 0.3 is 5.97 Å². The van der Waals surface area contributed by atoms with Crippen molar-refractivity contribution < 1.29 is 19.1 Å². The van der Waals surface area contributed by atoms with E-state index >= 15 is 0 Å². The quantitative estimate of drug-likeness (QED) is 0.382. The summed E-state index contributed by atoms with van der Waals surface area (Å²) in [7, 11) is 0. The highest BCUT2D eigenvalue weighted by atomic mass is 16.5. The summed E-state index contributed by atoms with van der Waals surface area (Å²) in [6.07, 6.45) is 6.11. The number of anilines is 1. The Hall–Kier alpha value is -3.99. The molecular formula is C24H15NO4. The van der Waals surface area contributed by atoms with E-state index in [1.165, 1.54) is 0 Å². The maximum Gasteiger partial charge on any atom is 0.343 e. The van der Waals surface area contributed by atoms with Gasteiger partial charge in [0.2, 0.25) is 0 Å². The van der Waals surface area contributed by atoms with Crippen LogP contribution in [0.3, 0.4) is 0 Å². The first-order chi connectivity index (χ1) is 14.1. The van der Waals surface area contributed by atoms with Crippen molar-refractivity contribution in [2.75, 3.05) is 4.90 Å². The first kappa shape index (κ1) is 17.1. The molecule has 3 aromatic rings. The summed E-state index contributed by atoms with van der Waals surface area (Å²) >= 11 is 0. The maximum atomic E-state index is 13.1. The predicted octanol–water partition coefficient (Wildman–Crippen LogP) is 4.43. The number of carbonyl (C=O) groups is 3. The van der Waals surface area contributed by atoms with E-state index in [2.05, 4.69) is 0 Å². The minimum absolute atomic E-state index is 0.347. The van der Waals surface area contributed by atoms with E-state index in [1.807, 2.05) is 30.3 Å². The Morgan fingerprint density at radius 2 is 1.52 bits per heavy atom. The average molecular weight is 381 g/mol. The van der Waals surface area contributed by atoms with Gasteiger partial charge in [0.25, 0.3) is 11.8 Å². The number of ether oxygens (including phenoxy) is 1. The van der Waals surface area contributed by atoms with E-state index in [-0.39, 0.29) is 11.8 Å². The zero-order valence-corrected chi connectivity index (χ0v) is 15.3. The fourth-order valence-electron chi connectivity index (χ4n) is 3.70. The van der Waals surface area contributed by atoms with Gasteiger partial charge in [0.05, 0.1) is 11.3 Å². The van der Waals surface area contributed by atoms with Crippen molar-refractivity contribution >= 4 is 34.2 Å². The predicted molar refractivity (Wildman–Crippen MR) is 109 cm³/mol. The minimum Gasteiger partial charge on any atom is -0.423 e. The van der Waals surface area contributed by atoms with Gasteiger partial charge in [0.1, 0.15) is 5.75 Å². The fraction of sp³-hybridized carbons (Fsp3) is 0.0417. The fourth-order valence-corrected chi connectivity index (χ4v) is 3.70. The number of hydrogen-bond donors (Lipinski definition) is 0. The summed E-state index contributed by atoms with van der Waals surface area (Å²) in [6, 6.07) is 17.2. The van der Waals surface area contributed by atoms with Gasteiger partial charge in [-0.1, -0.05) is 42.5 Å². The Labute approximate surface area is 166 Å². The molecule has 5 nitrogen and oxygen atoms in total. The van der Waals surface area contributed by atoms with Crippen LogP contribution in [0, 0.1) is 0 Å². The lowest BCUT2D eigenvalue weighted by Gasteiger charge is -2.27. The summed E-state index contributed by atoms with van der Waals surface area (Å²) in [5.41, 5.74) is 1.92. The van der Waals surface area contributed by atoms with Crippen molar-refractivity contribution in [1.29, 1.82) is 0 Å². The van der Waals surface area contributed by atoms with E-state index in [9.17, 15) is 14.4 Å². The van der Waals surface area contributed by atoms with Crippen LogP contribution >= 0.6 is 0 Å². The first-order valence-corrected chi connectivity index (χ1v) is 9.23. The van der Waals surface area contributed by atoms with E-state index in [1.54, 1.807) is 48.6 Å². The van der Waals surface area contributed by atoms with Crippen molar-refractivity contribution in [3.8, 4) is 5.75 Å². The molecule has 0 saturated carbocycles. The standard InChI is InChI=1S/C24H15NO4/c26-22-19-9-3-7-15-8-4-10-20(21(15)19)23(27)25(22)17-11-13-18(14-12-17)29-24(28)16-5-1-2-6-16/h1,3-14H,2H2. The highest BCUT2D eigenvalue weighted by molar-refractivity contribution is 6.35. The molecule has 0 unspecified atom stereocenters. The van der Waals surface area contributed by atoms with E-state index in [0.717, 1.165) is 16.7 Å². The van der Waals surface area contributed by atoms with E-state index in [0.29, 0.717) is 33.5 Å². The molecule has 0 aromatic heterocycles. The molecule has 29 heavy (non-hydrogen) atoms. The van der Waals surface area contributed by atoms with E-state index < -0.39 is 5.97 Å². The van der Waals surface area contributed by atoms with Crippen LogP contribution in [0.5, 0.6) is 5.75 Å². The molecule has 0 N–H and O–H groups in total. The molecule has 1 aliphatic carbocycles. The molecule has 0 spiro atoms. The second kappa shape index (κ2) is 6.56. The van der Waals surface area contributed by atoms with Gasteiger partial charge in [-0.05, 0) is 48.2 Å². The Morgan fingerprint density at radius 1 is 0.862 bits per heavy atom. The van der Waals surface area contributed by atoms with Crippen molar-refractivity contribution in [3.63, 3.8) is 0 Å². The molecule has 2 amide bonds. The number of amides is 2. The zero-order valence-electron chi connectivity index (χ0n) is 15.3. The molecule has 2 aliphatic rings. The Kier molecular flexibility index (Phi) is 3.88. The summed E-state index contributed by atoms with van der Waals surface area (Å²) in [4.78, 5) is 39.4. The van der Waals surface area contributed by atoms with Crippen molar-refractivity contribution in [2.45, 2.75) is 6.42 Å². The number of nitrogens with zero attached hydrogens (tertiary/aromatic N) is 1. The lowest BCUT2D eigenvalue weighted by atomic mass is 9.94. The molecule has 0 radical (unpaired) electrons. The van der Waals surface area contributed by atoms with E-state index in [4.69, 9.17) is 4.74 Å². The monoisotopic (exact) mass is 381 g/mol. The van der Waals surface area contributed by atoms with Crippen LogP contribution in [0.25, 0.3) is 10.8 Å². The molecule has 0 bridgehead atoms. The van der Waals surface area contributed by atoms with Gasteiger partial charge in [-0.3, -0.25) is 9.59 Å². The molecule has 140 valence electrons. The summed E-state index contributed by atoms with van der Waals surface area (Å²) in [5.74, 6) is -0.827. The molecule has 1 aliphatic heterocycles. The lowest BCUT2D eigenvalue weighted by molar-refractivity contribution is -0.129. The number of carbonyl (C=O) groups excluding carboxylic acids is 3. The Balaban J connectivity index is 1.47. The molecule has 0 saturated heterocycles. The van der Waals surface area contributed by atoms with Crippen molar-refractivity contribution in [2.24, 2.45) is 0 Å². The number of imide groups is 1. The van der Waals surface area contributed by atoms with Gasteiger partial charge < -0.3 is 4.74 Å². The van der Waals surface area contributed by atoms with Gasteiger partial charge in [-0.2, -0.15) is 0 Å². The topological polar surface area (TPSA) is 63.7 Å². The Bertz CT molecular complexity index is 1200. The molecule has 5 heteroatoms. The second-order valence-corrected chi connectivity index (χ2v) is 6.84. The zero-order chi connectivity index (χ0) is 20.0. The number of benzene rings is 3. The lowest BCUT2D eigenvalue weighted by Crippen LogP contribution is -2.40. The number of allylic oxidation sites excluding steroid dienone is 2. The van der Waals surface area contributed by atoms with Gasteiger partial charge in [0, 0.05) is 16.5 Å². The second-order valence-electron chi connectivity index (χ2n) is 6.84. The third-order valence-corrected chi connectivity index (χ3v) is 5.08. The third-order valence-electron chi connectivity index (χ3n) is 5.08. The molecule has 0 atom stereocenters. The number of rotatable bonds is 3. The molecule has 3 aromatic carbocycles. The molecule has 0 fully saturated rings. The molecule has 1 heterocycles. The van der Waals surface area contributed by atoms with Crippen LogP contribution < -0.4 is 9.64 Å². The highest BCUT2D eigenvalue weighted by Gasteiger charge is 2.33. The van der Waals surface area contributed by atoms with Crippen LogP contribution in [-0.2, 0) is 4.79 Å². The minimum atomic E-state index is -0.433. The molecular weight excluding hydrogens is 366 g/mol.